The van der Waals surface area contributed by atoms with Gasteiger partial charge in [-0.25, -0.2) is 4.39 Å². The van der Waals surface area contributed by atoms with E-state index in [0.29, 0.717) is 34.4 Å². The van der Waals surface area contributed by atoms with Crippen molar-refractivity contribution >= 4 is 11.7 Å². The molecule has 2 atom stereocenters. The number of amides is 1. The lowest BCUT2D eigenvalue weighted by atomic mass is 9.87. The fourth-order valence-electron chi connectivity index (χ4n) is 4.51. The Morgan fingerprint density at radius 3 is 2.50 bits per heavy atom. The minimum atomic E-state index is -0.997. The number of halogens is 1. The van der Waals surface area contributed by atoms with Crippen LogP contribution in [-0.4, -0.2) is 34.1 Å². The van der Waals surface area contributed by atoms with Crippen LogP contribution in [0, 0.1) is 5.82 Å². The van der Waals surface area contributed by atoms with Crippen molar-refractivity contribution in [3.8, 4) is 11.1 Å². The van der Waals surface area contributed by atoms with Crippen LogP contribution in [0.5, 0.6) is 0 Å². The van der Waals surface area contributed by atoms with E-state index in [2.05, 4.69) is 15.7 Å². The van der Waals surface area contributed by atoms with Crippen molar-refractivity contribution in [2.24, 2.45) is 7.05 Å². The van der Waals surface area contributed by atoms with Gasteiger partial charge in [-0.3, -0.25) is 14.3 Å². The quantitative estimate of drug-likeness (QED) is 0.529. The van der Waals surface area contributed by atoms with E-state index >= 15 is 4.39 Å². The SMILES string of the molecule is CC(C)c1ccc(C(NC(=O)C2CCCN2)C(=O)Cc2ccn(C)n2)c(-c2ccccc2)c1F. The number of Topliss-reactive ketones (excluding diaryl/α,β-unsaturated/α-hetero) is 1. The molecule has 7 heteroatoms. The highest BCUT2D eigenvalue weighted by Crippen LogP contribution is 2.36. The summed E-state index contributed by atoms with van der Waals surface area (Å²) in [7, 11) is 1.78. The van der Waals surface area contributed by atoms with E-state index in [9.17, 15) is 9.59 Å². The lowest BCUT2D eigenvalue weighted by Gasteiger charge is -2.24. The van der Waals surface area contributed by atoms with Crippen LogP contribution in [0.2, 0.25) is 0 Å². The maximum Gasteiger partial charge on any atom is 0.237 e. The number of hydrogen-bond acceptors (Lipinski definition) is 4. The van der Waals surface area contributed by atoms with Crippen LogP contribution in [0.4, 0.5) is 4.39 Å². The number of aryl methyl sites for hydroxylation is 1. The Hall–Kier alpha value is -3.32. The van der Waals surface area contributed by atoms with Crippen molar-refractivity contribution in [2.45, 2.75) is 51.1 Å². The van der Waals surface area contributed by atoms with Crippen LogP contribution in [0.1, 0.15) is 55.5 Å². The molecule has 0 radical (unpaired) electrons. The first-order valence-corrected chi connectivity index (χ1v) is 11.8. The number of carbonyl (C=O) groups excluding carboxylic acids is 2. The van der Waals surface area contributed by atoms with Crippen LogP contribution >= 0.6 is 0 Å². The number of rotatable bonds is 8. The molecule has 2 unspecified atom stereocenters. The summed E-state index contributed by atoms with van der Waals surface area (Å²) in [5.41, 5.74) is 2.65. The first-order valence-electron chi connectivity index (χ1n) is 11.8. The average Bonchev–Trinajstić information content (AvgIpc) is 3.49. The van der Waals surface area contributed by atoms with Gasteiger partial charge in [-0.1, -0.05) is 56.3 Å². The number of nitrogens with zero attached hydrogens (tertiary/aromatic N) is 2. The largest absolute Gasteiger partial charge is 0.341 e. The molecule has 2 heterocycles. The molecule has 1 aliphatic heterocycles. The summed E-state index contributed by atoms with van der Waals surface area (Å²) >= 11 is 0. The Labute approximate surface area is 199 Å². The highest BCUT2D eigenvalue weighted by atomic mass is 19.1. The number of benzene rings is 2. The van der Waals surface area contributed by atoms with E-state index in [0.717, 1.165) is 13.0 Å². The van der Waals surface area contributed by atoms with Crippen LogP contribution in [0.25, 0.3) is 11.1 Å². The summed E-state index contributed by atoms with van der Waals surface area (Å²) in [5, 5.41) is 10.4. The first kappa shape index (κ1) is 23.8. The molecule has 2 N–H and O–H groups in total. The van der Waals surface area contributed by atoms with Gasteiger partial charge in [0.05, 0.1) is 18.2 Å². The molecule has 3 aromatic rings. The second kappa shape index (κ2) is 10.3. The fourth-order valence-corrected chi connectivity index (χ4v) is 4.51. The van der Waals surface area contributed by atoms with Gasteiger partial charge in [0.2, 0.25) is 5.91 Å². The van der Waals surface area contributed by atoms with Crippen LogP contribution in [0.15, 0.2) is 54.7 Å². The molecular formula is C27H31FN4O2. The number of aromatic nitrogens is 2. The van der Waals surface area contributed by atoms with Crippen LogP contribution < -0.4 is 10.6 Å². The standard InChI is InChI=1S/C27H31FN4O2/c1-17(2)20-11-12-21(24(25(20)28)18-8-5-4-6-9-18)26(30-27(34)22-10-7-14-29-22)23(33)16-19-13-15-32(3)31-19/h4-6,8-9,11-13,15,17,22,26,29H,7,10,14,16H2,1-3H3,(H,30,34). The van der Waals surface area contributed by atoms with Gasteiger partial charge in [0.15, 0.2) is 5.78 Å². The van der Waals surface area contributed by atoms with E-state index < -0.39 is 6.04 Å². The molecule has 6 nitrogen and oxygen atoms in total. The Kier molecular flexibility index (Phi) is 7.22. The van der Waals surface area contributed by atoms with Gasteiger partial charge in [0.25, 0.3) is 0 Å². The molecule has 1 aliphatic rings. The van der Waals surface area contributed by atoms with E-state index in [1.165, 1.54) is 0 Å². The molecule has 178 valence electrons. The van der Waals surface area contributed by atoms with Gasteiger partial charge in [-0.2, -0.15) is 5.10 Å². The monoisotopic (exact) mass is 462 g/mol. The van der Waals surface area contributed by atoms with Gasteiger partial charge in [-0.15, -0.1) is 0 Å². The average molecular weight is 463 g/mol. The Morgan fingerprint density at radius 1 is 1.15 bits per heavy atom. The molecule has 34 heavy (non-hydrogen) atoms. The van der Waals surface area contributed by atoms with Crippen molar-refractivity contribution < 1.29 is 14.0 Å². The number of ketones is 1. The minimum absolute atomic E-state index is 0.0311. The summed E-state index contributed by atoms with van der Waals surface area (Å²) in [6, 6.07) is 13.1. The third-order valence-corrected chi connectivity index (χ3v) is 6.31. The summed E-state index contributed by atoms with van der Waals surface area (Å²) in [6.45, 7) is 4.63. The van der Waals surface area contributed by atoms with Crippen molar-refractivity contribution in [1.29, 1.82) is 0 Å². The molecule has 0 bridgehead atoms. The second-order valence-electron chi connectivity index (χ2n) is 9.17. The van der Waals surface area contributed by atoms with Crippen molar-refractivity contribution in [3.05, 3.63) is 77.4 Å². The zero-order valence-electron chi connectivity index (χ0n) is 19.8. The minimum Gasteiger partial charge on any atom is -0.341 e. The second-order valence-corrected chi connectivity index (χ2v) is 9.17. The molecule has 0 spiro atoms. The Balaban J connectivity index is 1.80. The van der Waals surface area contributed by atoms with Crippen LogP contribution in [0.3, 0.4) is 0 Å². The highest BCUT2D eigenvalue weighted by molar-refractivity contribution is 5.94. The lowest BCUT2D eigenvalue weighted by molar-refractivity contribution is -0.128. The fraction of sp³-hybridized carbons (Fsp3) is 0.370. The van der Waals surface area contributed by atoms with Gasteiger partial charge in [0, 0.05) is 18.8 Å². The summed E-state index contributed by atoms with van der Waals surface area (Å²) in [5.74, 6) is -0.873. The molecule has 0 saturated carbocycles. The third-order valence-electron chi connectivity index (χ3n) is 6.31. The smallest absolute Gasteiger partial charge is 0.237 e. The van der Waals surface area contributed by atoms with E-state index in [1.807, 2.05) is 44.2 Å². The zero-order chi connectivity index (χ0) is 24.2. The molecule has 2 aromatic carbocycles. The van der Waals surface area contributed by atoms with E-state index in [4.69, 9.17) is 0 Å². The summed E-state index contributed by atoms with van der Waals surface area (Å²) in [6.07, 6.45) is 3.41. The Morgan fingerprint density at radius 2 is 1.88 bits per heavy atom. The molecule has 4 rings (SSSR count). The van der Waals surface area contributed by atoms with Crippen molar-refractivity contribution in [2.75, 3.05) is 6.54 Å². The zero-order valence-corrected chi connectivity index (χ0v) is 19.8. The predicted octanol–water partition coefficient (Wildman–Crippen LogP) is 4.07. The molecule has 1 aromatic heterocycles. The highest BCUT2D eigenvalue weighted by Gasteiger charge is 2.32. The Bertz CT molecular complexity index is 1170. The predicted molar refractivity (Wildman–Crippen MR) is 130 cm³/mol. The van der Waals surface area contributed by atoms with Gasteiger partial charge < -0.3 is 10.6 Å². The van der Waals surface area contributed by atoms with E-state index in [-0.39, 0.29) is 35.9 Å². The molecule has 1 amide bonds. The first-order chi connectivity index (χ1) is 16.3. The summed E-state index contributed by atoms with van der Waals surface area (Å²) < 4.78 is 17.5. The van der Waals surface area contributed by atoms with Gasteiger partial charge in [0.1, 0.15) is 11.9 Å². The maximum absolute atomic E-state index is 15.9. The third kappa shape index (κ3) is 5.09. The molecule has 1 fully saturated rings. The lowest BCUT2D eigenvalue weighted by Crippen LogP contribution is -2.44. The van der Waals surface area contributed by atoms with Gasteiger partial charge in [-0.05, 0) is 48.1 Å². The number of carbonyl (C=O) groups is 2. The van der Waals surface area contributed by atoms with E-state index in [1.54, 1.807) is 36.1 Å². The van der Waals surface area contributed by atoms with Crippen molar-refractivity contribution in [1.82, 2.24) is 20.4 Å². The molecule has 1 saturated heterocycles. The molecular weight excluding hydrogens is 431 g/mol. The topological polar surface area (TPSA) is 76.0 Å². The normalized spacial score (nSPS) is 16.6. The van der Waals surface area contributed by atoms with Crippen LogP contribution in [-0.2, 0) is 23.1 Å². The van der Waals surface area contributed by atoms with Crippen molar-refractivity contribution in [3.63, 3.8) is 0 Å². The number of hydrogen-bond donors (Lipinski definition) is 2. The number of nitrogens with one attached hydrogen (secondary N) is 2. The maximum atomic E-state index is 15.9. The summed E-state index contributed by atoms with van der Waals surface area (Å²) in [4.78, 5) is 26.6. The van der Waals surface area contributed by atoms with Gasteiger partial charge >= 0.3 is 0 Å². The molecule has 0 aliphatic carbocycles.